The van der Waals surface area contributed by atoms with Crippen molar-refractivity contribution < 1.29 is 24.3 Å². The van der Waals surface area contributed by atoms with Gasteiger partial charge in [-0.15, -0.1) is 0 Å². The number of nitrogens with zero attached hydrogens (tertiary/aromatic N) is 1. The zero-order valence-electron chi connectivity index (χ0n) is 16.4. The molecule has 0 radical (unpaired) electrons. The number of carbonyl (C=O) groups is 4. The number of Topliss-reactive ketones (excluding diaryl/α,β-unsaturated/α-hetero) is 1. The monoisotopic (exact) mass is 380 g/mol. The van der Waals surface area contributed by atoms with Gasteiger partial charge in [0.2, 0.25) is 11.8 Å². The topological polar surface area (TPSA) is 104 Å². The first-order chi connectivity index (χ1) is 12.8. The van der Waals surface area contributed by atoms with Crippen molar-refractivity contribution in [2.24, 2.45) is 11.8 Å². The summed E-state index contributed by atoms with van der Waals surface area (Å²) in [6.07, 6.45) is 7.74. The molecule has 27 heavy (non-hydrogen) atoms. The van der Waals surface area contributed by atoms with E-state index in [0.29, 0.717) is 25.3 Å². The number of hydrogen-bond donors (Lipinski definition) is 2. The highest BCUT2D eigenvalue weighted by Crippen LogP contribution is 2.28. The van der Waals surface area contributed by atoms with Crippen LogP contribution in [0.15, 0.2) is 0 Å². The van der Waals surface area contributed by atoms with Crippen molar-refractivity contribution in [2.45, 2.75) is 83.7 Å². The first-order valence-corrected chi connectivity index (χ1v) is 10.2. The van der Waals surface area contributed by atoms with Gasteiger partial charge in [0.25, 0.3) is 5.78 Å². The molecule has 2 atom stereocenters. The molecule has 1 heterocycles. The highest BCUT2D eigenvalue weighted by Gasteiger charge is 2.37. The smallest absolute Gasteiger partial charge is 0.374 e. The zero-order chi connectivity index (χ0) is 20.0. The molecule has 1 aliphatic carbocycles. The number of carboxylic acids is 1. The van der Waals surface area contributed by atoms with E-state index in [-0.39, 0.29) is 18.2 Å². The minimum Gasteiger partial charge on any atom is -0.475 e. The quantitative estimate of drug-likeness (QED) is 0.628. The number of rotatable bonds is 8. The number of carbonyl (C=O) groups excluding carboxylic acids is 3. The Kier molecular flexibility index (Phi) is 7.80. The lowest BCUT2D eigenvalue weighted by molar-refractivity contribution is -0.151. The van der Waals surface area contributed by atoms with Crippen LogP contribution in [-0.4, -0.2) is 52.2 Å². The van der Waals surface area contributed by atoms with Crippen molar-refractivity contribution in [1.29, 1.82) is 0 Å². The first kappa shape index (κ1) is 21.4. The van der Waals surface area contributed by atoms with Crippen LogP contribution >= 0.6 is 0 Å². The Bertz CT molecular complexity index is 569. The van der Waals surface area contributed by atoms with Crippen LogP contribution in [-0.2, 0) is 19.2 Å². The maximum atomic E-state index is 12.7. The van der Waals surface area contributed by atoms with E-state index in [1.165, 1.54) is 6.42 Å². The Morgan fingerprint density at radius 2 is 1.70 bits per heavy atom. The molecule has 1 saturated carbocycles. The molecule has 2 aliphatic rings. The number of carboxylic acid groups (broad SMARTS) is 1. The van der Waals surface area contributed by atoms with Crippen LogP contribution in [0.3, 0.4) is 0 Å². The highest BCUT2D eigenvalue weighted by atomic mass is 16.4. The molecule has 1 aliphatic heterocycles. The summed E-state index contributed by atoms with van der Waals surface area (Å²) in [5, 5.41) is 11.6. The predicted molar refractivity (Wildman–Crippen MR) is 100.0 cm³/mol. The van der Waals surface area contributed by atoms with Crippen molar-refractivity contribution in [3.05, 3.63) is 0 Å². The molecule has 0 bridgehead atoms. The van der Waals surface area contributed by atoms with Crippen LogP contribution in [0.5, 0.6) is 0 Å². The number of aliphatic carboxylic acids is 1. The molecule has 0 spiro atoms. The molecule has 152 valence electrons. The Hall–Kier alpha value is -1.92. The van der Waals surface area contributed by atoms with Gasteiger partial charge >= 0.3 is 5.97 Å². The van der Waals surface area contributed by atoms with E-state index in [9.17, 15) is 19.2 Å². The number of likely N-dealkylation sites (tertiary alicyclic amines) is 1. The lowest BCUT2D eigenvalue weighted by atomic mass is 9.86. The summed E-state index contributed by atoms with van der Waals surface area (Å²) in [7, 11) is 0. The summed E-state index contributed by atoms with van der Waals surface area (Å²) in [6.45, 7) is 4.28. The van der Waals surface area contributed by atoms with Gasteiger partial charge in [0, 0.05) is 13.0 Å². The van der Waals surface area contributed by atoms with Gasteiger partial charge in [0.1, 0.15) is 6.04 Å². The molecular formula is C20H32N2O5. The molecule has 2 amide bonds. The van der Waals surface area contributed by atoms with Crippen molar-refractivity contribution in [3.8, 4) is 0 Å². The maximum Gasteiger partial charge on any atom is 0.374 e. The lowest BCUT2D eigenvalue weighted by Gasteiger charge is -2.28. The van der Waals surface area contributed by atoms with Gasteiger partial charge < -0.3 is 15.3 Å². The van der Waals surface area contributed by atoms with E-state index in [0.717, 1.165) is 32.1 Å². The van der Waals surface area contributed by atoms with Gasteiger partial charge in [0.15, 0.2) is 0 Å². The van der Waals surface area contributed by atoms with E-state index in [1.54, 1.807) is 4.90 Å². The Balaban J connectivity index is 1.98. The number of hydrogen-bond acceptors (Lipinski definition) is 4. The third-order valence-electron chi connectivity index (χ3n) is 5.61. The van der Waals surface area contributed by atoms with Crippen LogP contribution in [0.1, 0.15) is 71.6 Å². The molecule has 2 fully saturated rings. The standard InChI is InChI=1S/C20H32N2O5/c1-13(2)11-15(18(24)20(26)27)21-19(25)16-9-6-10-22(16)17(23)12-14-7-4-3-5-8-14/h13-16H,3-12H2,1-2H3,(H,21,25)(H,26,27). The molecule has 1 saturated heterocycles. The summed E-state index contributed by atoms with van der Waals surface area (Å²) >= 11 is 0. The summed E-state index contributed by atoms with van der Waals surface area (Å²) in [4.78, 5) is 50.0. The Morgan fingerprint density at radius 3 is 2.30 bits per heavy atom. The van der Waals surface area contributed by atoms with E-state index < -0.39 is 29.7 Å². The second-order valence-electron chi connectivity index (χ2n) is 8.31. The SMILES string of the molecule is CC(C)CC(NC(=O)C1CCCN1C(=O)CC1CCCCC1)C(=O)C(=O)O. The van der Waals surface area contributed by atoms with E-state index in [1.807, 2.05) is 13.8 Å². The third-order valence-corrected chi connectivity index (χ3v) is 5.61. The average Bonchev–Trinajstić information content (AvgIpc) is 3.11. The summed E-state index contributed by atoms with van der Waals surface area (Å²) in [6, 6.07) is -1.65. The second kappa shape index (κ2) is 9.85. The fourth-order valence-corrected chi connectivity index (χ4v) is 4.21. The molecule has 0 aromatic heterocycles. The summed E-state index contributed by atoms with van der Waals surface area (Å²) < 4.78 is 0. The van der Waals surface area contributed by atoms with Crippen LogP contribution in [0, 0.1) is 11.8 Å². The molecule has 2 rings (SSSR count). The molecule has 7 heteroatoms. The van der Waals surface area contributed by atoms with Crippen molar-refractivity contribution >= 4 is 23.6 Å². The van der Waals surface area contributed by atoms with Crippen LogP contribution in [0.25, 0.3) is 0 Å². The van der Waals surface area contributed by atoms with Crippen molar-refractivity contribution in [3.63, 3.8) is 0 Å². The summed E-state index contributed by atoms with van der Waals surface area (Å²) in [5.41, 5.74) is 0. The van der Waals surface area contributed by atoms with Gasteiger partial charge in [-0.05, 0) is 43.9 Å². The molecule has 0 aromatic carbocycles. The number of nitrogens with one attached hydrogen (secondary N) is 1. The fourth-order valence-electron chi connectivity index (χ4n) is 4.21. The predicted octanol–water partition coefficient (Wildman–Crippen LogP) is 2.13. The van der Waals surface area contributed by atoms with Gasteiger partial charge in [-0.25, -0.2) is 4.79 Å². The highest BCUT2D eigenvalue weighted by molar-refractivity contribution is 6.35. The van der Waals surface area contributed by atoms with Gasteiger partial charge in [-0.2, -0.15) is 0 Å². The lowest BCUT2D eigenvalue weighted by Crippen LogP contribution is -2.52. The first-order valence-electron chi connectivity index (χ1n) is 10.2. The third kappa shape index (κ3) is 6.04. The van der Waals surface area contributed by atoms with Crippen molar-refractivity contribution in [2.75, 3.05) is 6.54 Å². The van der Waals surface area contributed by atoms with Crippen LogP contribution in [0.2, 0.25) is 0 Å². The molecular weight excluding hydrogens is 348 g/mol. The Morgan fingerprint density at radius 1 is 1.04 bits per heavy atom. The minimum absolute atomic E-state index is 0.00419. The summed E-state index contributed by atoms with van der Waals surface area (Å²) in [5.74, 6) is -2.49. The number of amides is 2. The van der Waals surface area contributed by atoms with E-state index in [4.69, 9.17) is 5.11 Å². The fraction of sp³-hybridized carbons (Fsp3) is 0.800. The van der Waals surface area contributed by atoms with Crippen molar-refractivity contribution in [1.82, 2.24) is 10.2 Å². The minimum atomic E-state index is -1.54. The second-order valence-corrected chi connectivity index (χ2v) is 8.31. The van der Waals surface area contributed by atoms with Gasteiger partial charge in [-0.1, -0.05) is 33.1 Å². The van der Waals surface area contributed by atoms with Gasteiger partial charge in [-0.3, -0.25) is 14.4 Å². The maximum absolute atomic E-state index is 12.7. The van der Waals surface area contributed by atoms with Crippen LogP contribution < -0.4 is 5.32 Å². The molecule has 7 nitrogen and oxygen atoms in total. The van der Waals surface area contributed by atoms with E-state index in [2.05, 4.69) is 5.32 Å². The van der Waals surface area contributed by atoms with Gasteiger partial charge in [0.05, 0.1) is 6.04 Å². The van der Waals surface area contributed by atoms with Crippen LogP contribution in [0.4, 0.5) is 0 Å². The molecule has 2 unspecified atom stereocenters. The molecule has 2 N–H and O–H groups in total. The molecule has 0 aromatic rings. The Labute approximate surface area is 160 Å². The largest absolute Gasteiger partial charge is 0.475 e. The average molecular weight is 380 g/mol. The normalized spacial score (nSPS) is 21.9. The van der Waals surface area contributed by atoms with E-state index >= 15 is 0 Å². The zero-order valence-corrected chi connectivity index (χ0v) is 16.4. The number of ketones is 1.